The fourth-order valence-corrected chi connectivity index (χ4v) is 4.13. The summed E-state index contributed by atoms with van der Waals surface area (Å²) in [6.45, 7) is 16.3. The van der Waals surface area contributed by atoms with Crippen LogP contribution in [-0.4, -0.2) is 24.9 Å². The lowest BCUT2D eigenvalue weighted by Crippen LogP contribution is -2.46. The zero-order chi connectivity index (χ0) is 19.2. The minimum absolute atomic E-state index is 0.0504. The van der Waals surface area contributed by atoms with E-state index in [1.807, 2.05) is 0 Å². The van der Waals surface area contributed by atoms with Gasteiger partial charge in [-0.05, 0) is 82.0 Å². The highest BCUT2D eigenvalue weighted by Crippen LogP contribution is 2.47. The minimum Gasteiger partial charge on any atom is -0.491 e. The SMILES string of the molecule is CC[C@@]1(C)C[C@@](CCNCc2ccc(OC(C)C)cc2)(C(C)C)CCO1. The molecule has 0 aliphatic carbocycles. The summed E-state index contributed by atoms with van der Waals surface area (Å²) >= 11 is 0. The zero-order valence-corrected chi connectivity index (χ0v) is 17.7. The summed E-state index contributed by atoms with van der Waals surface area (Å²) in [4.78, 5) is 0. The summed E-state index contributed by atoms with van der Waals surface area (Å²) in [6.07, 6.45) is 4.90. The van der Waals surface area contributed by atoms with Crippen molar-refractivity contribution in [1.29, 1.82) is 0 Å². The van der Waals surface area contributed by atoms with Crippen LogP contribution in [-0.2, 0) is 11.3 Å². The maximum atomic E-state index is 6.10. The number of rotatable bonds is 9. The monoisotopic (exact) mass is 361 g/mol. The summed E-state index contributed by atoms with van der Waals surface area (Å²) in [5, 5.41) is 3.65. The van der Waals surface area contributed by atoms with Gasteiger partial charge in [0.05, 0.1) is 11.7 Å². The van der Waals surface area contributed by atoms with Crippen molar-refractivity contribution in [3.8, 4) is 5.75 Å². The van der Waals surface area contributed by atoms with Gasteiger partial charge in [-0.2, -0.15) is 0 Å². The van der Waals surface area contributed by atoms with Crippen molar-refractivity contribution in [3.05, 3.63) is 29.8 Å². The van der Waals surface area contributed by atoms with E-state index in [2.05, 4.69) is 71.1 Å². The first-order valence-corrected chi connectivity index (χ1v) is 10.4. The molecule has 1 N–H and O–H groups in total. The van der Waals surface area contributed by atoms with Crippen LogP contribution in [0, 0.1) is 11.3 Å². The van der Waals surface area contributed by atoms with E-state index in [4.69, 9.17) is 9.47 Å². The Bertz CT molecular complexity index is 540. The number of hydrogen-bond donors (Lipinski definition) is 1. The van der Waals surface area contributed by atoms with Gasteiger partial charge in [-0.25, -0.2) is 0 Å². The highest BCUT2D eigenvalue weighted by Gasteiger charge is 2.43. The van der Waals surface area contributed by atoms with E-state index in [1.165, 1.54) is 24.8 Å². The van der Waals surface area contributed by atoms with Crippen molar-refractivity contribution in [2.24, 2.45) is 11.3 Å². The molecule has 1 heterocycles. The number of nitrogens with one attached hydrogen (secondary N) is 1. The highest BCUT2D eigenvalue weighted by atomic mass is 16.5. The predicted molar refractivity (Wildman–Crippen MR) is 110 cm³/mol. The van der Waals surface area contributed by atoms with E-state index in [-0.39, 0.29) is 11.7 Å². The quantitative estimate of drug-likeness (QED) is 0.583. The summed E-state index contributed by atoms with van der Waals surface area (Å²) in [5.41, 5.74) is 1.75. The van der Waals surface area contributed by atoms with Crippen molar-refractivity contribution in [2.45, 2.75) is 85.5 Å². The summed E-state index contributed by atoms with van der Waals surface area (Å²) in [6, 6.07) is 8.45. The molecule has 26 heavy (non-hydrogen) atoms. The van der Waals surface area contributed by atoms with Crippen LogP contribution in [0.25, 0.3) is 0 Å². The smallest absolute Gasteiger partial charge is 0.119 e. The maximum absolute atomic E-state index is 6.10. The second kappa shape index (κ2) is 9.23. The van der Waals surface area contributed by atoms with Crippen molar-refractivity contribution in [2.75, 3.05) is 13.2 Å². The molecule has 0 amide bonds. The van der Waals surface area contributed by atoms with Crippen molar-refractivity contribution in [1.82, 2.24) is 5.32 Å². The topological polar surface area (TPSA) is 30.5 Å². The van der Waals surface area contributed by atoms with E-state index in [0.717, 1.165) is 31.9 Å². The summed E-state index contributed by atoms with van der Waals surface area (Å²) < 4.78 is 11.8. The van der Waals surface area contributed by atoms with Gasteiger partial charge in [-0.15, -0.1) is 0 Å². The molecule has 1 aromatic rings. The molecule has 148 valence electrons. The largest absolute Gasteiger partial charge is 0.491 e. The number of ether oxygens (including phenoxy) is 2. The van der Waals surface area contributed by atoms with Crippen molar-refractivity contribution < 1.29 is 9.47 Å². The molecule has 1 aliphatic rings. The molecule has 2 atom stereocenters. The minimum atomic E-state index is 0.0504. The van der Waals surface area contributed by atoms with E-state index in [9.17, 15) is 0 Å². The second-order valence-electron chi connectivity index (χ2n) is 8.83. The first-order chi connectivity index (χ1) is 12.3. The van der Waals surface area contributed by atoms with Crippen LogP contribution in [0.4, 0.5) is 0 Å². The molecule has 1 saturated heterocycles. The molecule has 1 fully saturated rings. The second-order valence-corrected chi connectivity index (χ2v) is 8.83. The molecule has 2 rings (SSSR count). The normalized spacial score (nSPS) is 26.5. The number of benzene rings is 1. The van der Waals surface area contributed by atoms with E-state index < -0.39 is 0 Å². The third kappa shape index (κ3) is 5.72. The van der Waals surface area contributed by atoms with Crippen LogP contribution >= 0.6 is 0 Å². The van der Waals surface area contributed by atoms with Gasteiger partial charge in [0, 0.05) is 13.2 Å². The Morgan fingerprint density at radius 1 is 1.15 bits per heavy atom. The van der Waals surface area contributed by atoms with E-state index in [1.54, 1.807) is 0 Å². The molecular weight excluding hydrogens is 322 g/mol. The number of hydrogen-bond acceptors (Lipinski definition) is 3. The molecular formula is C23H39NO2. The van der Waals surface area contributed by atoms with Gasteiger partial charge < -0.3 is 14.8 Å². The molecule has 0 unspecified atom stereocenters. The Morgan fingerprint density at radius 2 is 1.85 bits per heavy atom. The van der Waals surface area contributed by atoms with Gasteiger partial charge >= 0.3 is 0 Å². The molecule has 0 radical (unpaired) electrons. The average Bonchev–Trinajstić information content (AvgIpc) is 2.59. The Hall–Kier alpha value is -1.06. The van der Waals surface area contributed by atoms with Crippen LogP contribution in [0.1, 0.15) is 72.8 Å². The highest BCUT2D eigenvalue weighted by molar-refractivity contribution is 5.27. The molecule has 0 saturated carbocycles. The van der Waals surface area contributed by atoms with Gasteiger partial charge in [-0.3, -0.25) is 0 Å². The standard InChI is InChI=1S/C23H39NO2/c1-7-22(6)17-23(18(2)3,13-15-25-22)12-14-24-16-20-8-10-21(11-9-20)26-19(4)5/h8-11,18-19,24H,7,12-17H2,1-6H3/t22-,23-/m0/s1. The molecule has 1 aromatic carbocycles. The fraction of sp³-hybridized carbons (Fsp3) is 0.739. The molecule has 1 aliphatic heterocycles. The van der Waals surface area contributed by atoms with Crippen molar-refractivity contribution >= 4 is 0 Å². The van der Waals surface area contributed by atoms with Gasteiger partial charge in [0.1, 0.15) is 5.75 Å². The van der Waals surface area contributed by atoms with Crippen LogP contribution in [0.5, 0.6) is 5.75 Å². The lowest BCUT2D eigenvalue weighted by molar-refractivity contribution is -0.132. The molecule has 0 bridgehead atoms. The molecule has 3 nitrogen and oxygen atoms in total. The first-order valence-electron chi connectivity index (χ1n) is 10.4. The third-order valence-corrected chi connectivity index (χ3v) is 6.17. The van der Waals surface area contributed by atoms with Crippen LogP contribution in [0.15, 0.2) is 24.3 Å². The van der Waals surface area contributed by atoms with Gasteiger partial charge in [-0.1, -0.05) is 32.9 Å². The van der Waals surface area contributed by atoms with Gasteiger partial charge in [0.25, 0.3) is 0 Å². The van der Waals surface area contributed by atoms with E-state index >= 15 is 0 Å². The van der Waals surface area contributed by atoms with Crippen molar-refractivity contribution in [3.63, 3.8) is 0 Å². The van der Waals surface area contributed by atoms with Crippen LogP contribution < -0.4 is 10.1 Å². The predicted octanol–water partition coefficient (Wildman–Crippen LogP) is 5.58. The van der Waals surface area contributed by atoms with Crippen LogP contribution in [0.2, 0.25) is 0 Å². The van der Waals surface area contributed by atoms with Gasteiger partial charge in [0.15, 0.2) is 0 Å². The maximum Gasteiger partial charge on any atom is 0.119 e. The average molecular weight is 362 g/mol. The Balaban J connectivity index is 1.85. The van der Waals surface area contributed by atoms with E-state index in [0.29, 0.717) is 11.3 Å². The zero-order valence-electron chi connectivity index (χ0n) is 17.7. The first kappa shape index (κ1) is 21.2. The molecule has 0 spiro atoms. The summed E-state index contributed by atoms with van der Waals surface area (Å²) in [5.74, 6) is 1.63. The summed E-state index contributed by atoms with van der Waals surface area (Å²) in [7, 11) is 0. The molecule has 3 heteroatoms. The Labute approximate surface area is 160 Å². The Kier molecular flexibility index (Phi) is 7.54. The van der Waals surface area contributed by atoms with Crippen LogP contribution in [0.3, 0.4) is 0 Å². The fourth-order valence-electron chi connectivity index (χ4n) is 4.13. The lowest BCUT2D eigenvalue weighted by Gasteiger charge is -2.49. The molecule has 0 aromatic heterocycles. The lowest BCUT2D eigenvalue weighted by atomic mass is 9.64. The third-order valence-electron chi connectivity index (χ3n) is 6.17. The Morgan fingerprint density at radius 3 is 2.42 bits per heavy atom. The van der Waals surface area contributed by atoms with Gasteiger partial charge in [0.2, 0.25) is 0 Å².